The van der Waals surface area contributed by atoms with E-state index < -0.39 is 0 Å². The molecule has 0 spiro atoms. The van der Waals surface area contributed by atoms with E-state index in [9.17, 15) is 0 Å². The number of rotatable bonds is 3. The minimum atomic E-state index is 0.0264. The lowest BCUT2D eigenvalue weighted by Crippen LogP contribution is -2.47. The Morgan fingerprint density at radius 2 is 1.72 bits per heavy atom. The minimum Gasteiger partial charge on any atom is -0.372 e. The molecule has 1 aliphatic heterocycles. The van der Waals surface area contributed by atoms with Gasteiger partial charge in [-0.2, -0.15) is 0 Å². The highest BCUT2D eigenvalue weighted by molar-refractivity contribution is 5.77. The maximum Gasteiger partial charge on any atom is 0.0722 e. The molecule has 0 saturated carbocycles. The molecule has 0 radical (unpaired) electrons. The van der Waals surface area contributed by atoms with Crippen molar-refractivity contribution >= 4 is 11.4 Å². The van der Waals surface area contributed by atoms with Crippen molar-refractivity contribution in [3.8, 4) is 0 Å². The fourth-order valence-electron chi connectivity index (χ4n) is 5.53. The van der Waals surface area contributed by atoms with Gasteiger partial charge >= 0.3 is 0 Å². The van der Waals surface area contributed by atoms with Crippen LogP contribution in [-0.4, -0.2) is 20.1 Å². The maximum absolute atomic E-state index is 2.55. The van der Waals surface area contributed by atoms with Crippen molar-refractivity contribution < 1.29 is 0 Å². The highest BCUT2D eigenvalue weighted by atomic mass is 15.2. The van der Waals surface area contributed by atoms with Crippen molar-refractivity contribution in [2.75, 3.05) is 29.9 Å². The van der Waals surface area contributed by atoms with E-state index in [0.29, 0.717) is 0 Å². The molecular weight excluding hydrogens is 304 g/mol. The zero-order chi connectivity index (χ0) is 18.0. The molecule has 25 heavy (non-hydrogen) atoms. The lowest BCUT2D eigenvalue weighted by atomic mass is 9.70. The zero-order valence-electron chi connectivity index (χ0n) is 16.5. The van der Waals surface area contributed by atoms with Gasteiger partial charge in [-0.25, -0.2) is 0 Å². The SMILES string of the molecule is CCN(CC)c1cc(C)c2c(c1)[C@]1(C)Cc3ccccc3[C@]1(C)N2C. The number of hydrogen-bond donors (Lipinski definition) is 0. The molecule has 2 aromatic carbocycles. The van der Waals surface area contributed by atoms with Crippen LogP contribution in [0, 0.1) is 6.92 Å². The fourth-order valence-corrected chi connectivity index (χ4v) is 5.53. The first-order valence-electron chi connectivity index (χ1n) is 9.60. The second-order valence-electron chi connectivity index (χ2n) is 8.13. The van der Waals surface area contributed by atoms with Crippen LogP contribution in [0.1, 0.15) is 49.9 Å². The van der Waals surface area contributed by atoms with Gasteiger partial charge < -0.3 is 9.80 Å². The Kier molecular flexibility index (Phi) is 3.48. The molecule has 2 aliphatic rings. The predicted molar refractivity (Wildman–Crippen MR) is 108 cm³/mol. The van der Waals surface area contributed by atoms with Crippen LogP contribution in [0.2, 0.25) is 0 Å². The van der Waals surface area contributed by atoms with E-state index in [4.69, 9.17) is 0 Å². The molecule has 1 aliphatic carbocycles. The molecule has 2 heteroatoms. The number of benzene rings is 2. The Morgan fingerprint density at radius 1 is 1.04 bits per heavy atom. The number of fused-ring (bicyclic) bond motifs is 5. The summed E-state index contributed by atoms with van der Waals surface area (Å²) in [6, 6.07) is 13.9. The van der Waals surface area contributed by atoms with E-state index in [0.717, 1.165) is 19.5 Å². The molecule has 2 aromatic rings. The minimum absolute atomic E-state index is 0.0264. The van der Waals surface area contributed by atoms with Gasteiger partial charge in [-0.05, 0) is 68.5 Å². The summed E-state index contributed by atoms with van der Waals surface area (Å²) in [7, 11) is 2.29. The van der Waals surface area contributed by atoms with Crippen molar-refractivity contribution in [2.45, 2.75) is 52.0 Å². The average Bonchev–Trinajstić information content (AvgIpc) is 2.93. The predicted octanol–water partition coefficient (Wildman–Crippen LogP) is 5.02. The molecule has 0 saturated heterocycles. The first-order chi connectivity index (χ1) is 11.9. The molecular formula is C23H30N2. The third-order valence-electron chi connectivity index (χ3n) is 7.17. The van der Waals surface area contributed by atoms with E-state index in [1.807, 2.05) is 0 Å². The maximum atomic E-state index is 2.55. The summed E-state index contributed by atoms with van der Waals surface area (Å²) < 4.78 is 0. The lowest BCUT2D eigenvalue weighted by molar-refractivity contribution is 0.305. The summed E-state index contributed by atoms with van der Waals surface area (Å²) >= 11 is 0. The smallest absolute Gasteiger partial charge is 0.0722 e. The molecule has 0 amide bonds. The van der Waals surface area contributed by atoms with Crippen LogP contribution in [0.15, 0.2) is 36.4 Å². The van der Waals surface area contributed by atoms with Gasteiger partial charge in [0, 0.05) is 36.9 Å². The monoisotopic (exact) mass is 334 g/mol. The molecule has 2 atom stereocenters. The largest absolute Gasteiger partial charge is 0.372 e. The van der Waals surface area contributed by atoms with Gasteiger partial charge in [-0.15, -0.1) is 0 Å². The van der Waals surface area contributed by atoms with E-state index in [-0.39, 0.29) is 11.0 Å². The quantitative estimate of drug-likeness (QED) is 0.777. The van der Waals surface area contributed by atoms with Crippen LogP contribution >= 0.6 is 0 Å². The van der Waals surface area contributed by atoms with E-state index >= 15 is 0 Å². The molecule has 1 heterocycles. The van der Waals surface area contributed by atoms with Gasteiger partial charge in [-0.1, -0.05) is 31.2 Å². The van der Waals surface area contributed by atoms with E-state index in [1.165, 1.54) is 33.6 Å². The summed E-state index contributed by atoms with van der Waals surface area (Å²) in [5, 5.41) is 0. The molecule has 0 fully saturated rings. The first-order valence-corrected chi connectivity index (χ1v) is 9.60. The van der Waals surface area contributed by atoms with Gasteiger partial charge in [0.05, 0.1) is 5.54 Å². The number of anilines is 2. The molecule has 132 valence electrons. The highest BCUT2D eigenvalue weighted by Crippen LogP contribution is 2.63. The second kappa shape index (κ2) is 5.27. The third-order valence-corrected chi connectivity index (χ3v) is 7.17. The Labute approximate surface area is 152 Å². The normalized spacial score (nSPS) is 26.4. The van der Waals surface area contributed by atoms with Crippen molar-refractivity contribution in [1.29, 1.82) is 0 Å². The van der Waals surface area contributed by atoms with Crippen LogP contribution in [0.4, 0.5) is 11.4 Å². The highest BCUT2D eigenvalue weighted by Gasteiger charge is 2.60. The summed E-state index contributed by atoms with van der Waals surface area (Å²) in [6.07, 6.45) is 1.12. The van der Waals surface area contributed by atoms with Crippen LogP contribution in [-0.2, 0) is 17.4 Å². The van der Waals surface area contributed by atoms with Crippen LogP contribution in [0.5, 0.6) is 0 Å². The van der Waals surface area contributed by atoms with E-state index in [1.54, 1.807) is 0 Å². The standard InChI is InChI=1S/C23H30N2/c1-7-25(8-2)18-13-16(3)21-20(14-18)22(4)15-17-11-9-10-12-19(17)23(22,5)24(21)6/h9-14H,7-8,15H2,1-6H3/t22-,23-/m0/s1. The average molecular weight is 335 g/mol. The Bertz CT molecular complexity index is 836. The topological polar surface area (TPSA) is 6.48 Å². The lowest BCUT2D eigenvalue weighted by Gasteiger charge is -2.41. The zero-order valence-corrected chi connectivity index (χ0v) is 16.5. The van der Waals surface area contributed by atoms with Gasteiger partial charge in [0.1, 0.15) is 0 Å². The van der Waals surface area contributed by atoms with Gasteiger partial charge in [0.25, 0.3) is 0 Å². The fraction of sp³-hybridized carbons (Fsp3) is 0.478. The molecule has 2 nitrogen and oxygen atoms in total. The molecule has 0 aromatic heterocycles. The van der Waals surface area contributed by atoms with E-state index in [2.05, 4.69) is 87.9 Å². The van der Waals surface area contributed by atoms with Crippen molar-refractivity contribution in [3.63, 3.8) is 0 Å². The second-order valence-corrected chi connectivity index (χ2v) is 8.13. The number of hydrogen-bond acceptors (Lipinski definition) is 2. The van der Waals surface area contributed by atoms with Crippen molar-refractivity contribution in [1.82, 2.24) is 0 Å². The summed E-state index contributed by atoms with van der Waals surface area (Å²) in [5.74, 6) is 0. The van der Waals surface area contributed by atoms with Gasteiger partial charge in [-0.3, -0.25) is 0 Å². The van der Waals surface area contributed by atoms with Gasteiger partial charge in [0.15, 0.2) is 0 Å². The molecule has 4 rings (SSSR count). The molecule has 0 N–H and O–H groups in total. The number of aryl methyl sites for hydroxylation is 1. The summed E-state index contributed by atoms with van der Waals surface area (Å²) in [5.41, 5.74) is 8.89. The number of likely N-dealkylation sites (N-methyl/N-ethyl adjacent to an activating group) is 1. The molecule has 0 unspecified atom stereocenters. The van der Waals surface area contributed by atoms with Crippen molar-refractivity contribution in [2.24, 2.45) is 0 Å². The number of nitrogens with zero attached hydrogens (tertiary/aromatic N) is 2. The van der Waals surface area contributed by atoms with Crippen LogP contribution in [0.3, 0.4) is 0 Å². The summed E-state index contributed by atoms with van der Waals surface area (Å²) in [6.45, 7) is 13.8. The Hall–Kier alpha value is -1.96. The van der Waals surface area contributed by atoms with Crippen LogP contribution < -0.4 is 9.80 Å². The Balaban J connectivity index is 1.96. The third kappa shape index (κ3) is 1.86. The van der Waals surface area contributed by atoms with Crippen molar-refractivity contribution in [3.05, 3.63) is 58.7 Å². The van der Waals surface area contributed by atoms with Crippen LogP contribution in [0.25, 0.3) is 0 Å². The summed E-state index contributed by atoms with van der Waals surface area (Å²) in [4.78, 5) is 5.02. The first kappa shape index (κ1) is 16.5. The van der Waals surface area contributed by atoms with Gasteiger partial charge in [0.2, 0.25) is 0 Å². The molecule has 0 bridgehead atoms. The Morgan fingerprint density at radius 3 is 2.40 bits per heavy atom.